The van der Waals surface area contributed by atoms with Crippen LogP contribution in [0.5, 0.6) is 0 Å². The number of hydrogen-bond acceptors (Lipinski definition) is 6. The van der Waals surface area contributed by atoms with E-state index in [1.165, 1.54) is 89.9 Å². The first-order chi connectivity index (χ1) is 33.0. The van der Waals surface area contributed by atoms with E-state index in [-0.39, 0.29) is 37.5 Å². The van der Waals surface area contributed by atoms with Crippen molar-refractivity contribution in [2.24, 2.45) is 0 Å². The van der Waals surface area contributed by atoms with Crippen LogP contribution in [0.4, 0.5) is 0 Å². The first-order valence-corrected chi connectivity index (χ1v) is 27.4. The van der Waals surface area contributed by atoms with Crippen LogP contribution >= 0.6 is 0 Å². The summed E-state index contributed by atoms with van der Waals surface area (Å²) in [6, 6.07) is 0. The van der Waals surface area contributed by atoms with Crippen molar-refractivity contribution in [1.29, 1.82) is 0 Å². The number of rotatable bonds is 48. The van der Waals surface area contributed by atoms with E-state index in [1.807, 2.05) is 6.08 Å². The van der Waals surface area contributed by atoms with Crippen LogP contribution in [0.1, 0.15) is 239 Å². The second kappa shape index (κ2) is 54.7. The highest BCUT2D eigenvalue weighted by atomic mass is 16.6. The molecular formula is C61H100O6. The van der Waals surface area contributed by atoms with Crippen molar-refractivity contribution in [3.8, 4) is 0 Å². The van der Waals surface area contributed by atoms with Crippen LogP contribution in [-0.2, 0) is 28.6 Å². The Balaban J connectivity index is 4.52. The van der Waals surface area contributed by atoms with Crippen molar-refractivity contribution in [2.45, 2.75) is 245 Å². The number of allylic oxidation sites excluding steroid dienone is 18. The van der Waals surface area contributed by atoms with Gasteiger partial charge in [0.25, 0.3) is 0 Å². The van der Waals surface area contributed by atoms with Crippen molar-refractivity contribution >= 4 is 17.9 Å². The molecule has 0 rings (SSSR count). The number of carbonyl (C=O) groups excluding carboxylic acids is 3. The van der Waals surface area contributed by atoms with Crippen LogP contribution in [0.25, 0.3) is 0 Å². The number of esters is 3. The lowest BCUT2D eigenvalue weighted by Crippen LogP contribution is -2.30. The van der Waals surface area contributed by atoms with Gasteiger partial charge in [-0.15, -0.1) is 0 Å². The molecule has 0 amide bonds. The molecule has 380 valence electrons. The van der Waals surface area contributed by atoms with Gasteiger partial charge in [-0.3, -0.25) is 14.4 Å². The van der Waals surface area contributed by atoms with Crippen molar-refractivity contribution < 1.29 is 28.6 Å². The van der Waals surface area contributed by atoms with Crippen molar-refractivity contribution in [3.05, 3.63) is 109 Å². The van der Waals surface area contributed by atoms with Gasteiger partial charge in [0.2, 0.25) is 0 Å². The maximum atomic E-state index is 12.8. The summed E-state index contributed by atoms with van der Waals surface area (Å²) in [7, 11) is 0. The average molecular weight is 929 g/mol. The molecule has 0 aliphatic heterocycles. The molecule has 0 aliphatic carbocycles. The van der Waals surface area contributed by atoms with Gasteiger partial charge in [-0.2, -0.15) is 0 Å². The summed E-state index contributed by atoms with van der Waals surface area (Å²) < 4.78 is 16.7. The van der Waals surface area contributed by atoms with Crippen LogP contribution in [0.2, 0.25) is 0 Å². The molecule has 1 atom stereocenters. The smallest absolute Gasteiger partial charge is 0.306 e. The Labute approximate surface area is 412 Å². The summed E-state index contributed by atoms with van der Waals surface area (Å²) in [5, 5.41) is 0. The van der Waals surface area contributed by atoms with E-state index >= 15 is 0 Å². The lowest BCUT2D eigenvalue weighted by molar-refractivity contribution is -0.166. The second-order valence-corrected chi connectivity index (χ2v) is 17.7. The van der Waals surface area contributed by atoms with Crippen LogP contribution in [0, 0.1) is 0 Å². The summed E-state index contributed by atoms with van der Waals surface area (Å²) in [6.07, 6.45) is 73.7. The zero-order valence-electron chi connectivity index (χ0n) is 43.4. The van der Waals surface area contributed by atoms with Crippen LogP contribution < -0.4 is 0 Å². The molecule has 0 bridgehead atoms. The van der Waals surface area contributed by atoms with E-state index in [4.69, 9.17) is 14.2 Å². The molecule has 0 radical (unpaired) electrons. The summed E-state index contributed by atoms with van der Waals surface area (Å²) in [5.41, 5.74) is 0. The standard InChI is InChI=1S/C61H100O6/c1-4-7-10-13-16-19-22-25-27-29-30-32-33-36-39-42-45-48-51-54-60(63)66-57-58(56-65-59(62)53-50-47-44-41-38-35-24-21-18-15-12-9-6-3)67-61(64)55-52-49-46-43-40-37-34-31-28-26-23-20-17-14-11-8-5-2/h7,10,16-17,19-20,25-28,30,32,35-36,38-39,44,47,58H,4-6,8-9,11-15,18,21-24,29,31,33-34,37,40-43,45-46,48-57H2,1-3H3/b10-7-,19-16-,20-17-,27-25-,28-26-,32-30-,38-35-,39-36-,47-44-. The predicted molar refractivity (Wildman–Crippen MR) is 288 cm³/mol. The monoisotopic (exact) mass is 929 g/mol. The minimum absolute atomic E-state index is 0.117. The SMILES string of the molecule is CC/C=C\C/C=C\C/C=C\C/C=C\C/C=C\CCCCCC(=O)OCC(COC(=O)CC/C=C\C/C=C\CCCCCCCC)OC(=O)CCCCCCCCC/C=C\C/C=C\CCCCC. The quantitative estimate of drug-likeness (QED) is 0.0262. The summed E-state index contributed by atoms with van der Waals surface area (Å²) >= 11 is 0. The largest absolute Gasteiger partial charge is 0.462 e. The molecule has 0 fully saturated rings. The first-order valence-electron chi connectivity index (χ1n) is 27.4. The molecule has 0 saturated heterocycles. The molecule has 0 aromatic carbocycles. The Kier molecular flexibility index (Phi) is 51.5. The Hall–Kier alpha value is -3.93. The number of hydrogen-bond donors (Lipinski definition) is 0. The molecular weight excluding hydrogens is 829 g/mol. The molecule has 6 heteroatoms. The number of unbranched alkanes of at least 4 members (excludes halogenated alkanes) is 19. The molecule has 67 heavy (non-hydrogen) atoms. The maximum Gasteiger partial charge on any atom is 0.306 e. The third-order valence-electron chi connectivity index (χ3n) is 11.2. The fraction of sp³-hybridized carbons (Fsp3) is 0.656. The molecule has 6 nitrogen and oxygen atoms in total. The molecule has 0 heterocycles. The average Bonchev–Trinajstić information content (AvgIpc) is 3.33. The lowest BCUT2D eigenvalue weighted by atomic mass is 10.1. The maximum absolute atomic E-state index is 12.8. The van der Waals surface area contributed by atoms with Crippen molar-refractivity contribution in [3.63, 3.8) is 0 Å². The van der Waals surface area contributed by atoms with E-state index < -0.39 is 6.10 Å². The Morgan fingerprint density at radius 3 is 1.04 bits per heavy atom. The Morgan fingerprint density at radius 2 is 0.612 bits per heavy atom. The fourth-order valence-corrected chi connectivity index (χ4v) is 7.14. The van der Waals surface area contributed by atoms with Crippen LogP contribution in [-0.4, -0.2) is 37.2 Å². The Bertz CT molecular complexity index is 1390. The molecule has 0 aliphatic rings. The van der Waals surface area contributed by atoms with Crippen LogP contribution in [0.3, 0.4) is 0 Å². The third kappa shape index (κ3) is 52.9. The topological polar surface area (TPSA) is 78.9 Å². The normalized spacial score (nSPS) is 12.9. The van der Waals surface area contributed by atoms with Gasteiger partial charge in [0, 0.05) is 19.3 Å². The van der Waals surface area contributed by atoms with Gasteiger partial charge in [0.1, 0.15) is 13.2 Å². The minimum Gasteiger partial charge on any atom is -0.462 e. The van der Waals surface area contributed by atoms with Gasteiger partial charge in [0.05, 0.1) is 0 Å². The van der Waals surface area contributed by atoms with E-state index in [0.29, 0.717) is 19.3 Å². The summed E-state index contributed by atoms with van der Waals surface area (Å²) in [4.78, 5) is 38.0. The van der Waals surface area contributed by atoms with Crippen LogP contribution in [0.15, 0.2) is 109 Å². The van der Waals surface area contributed by atoms with Crippen molar-refractivity contribution in [1.82, 2.24) is 0 Å². The fourth-order valence-electron chi connectivity index (χ4n) is 7.14. The molecule has 0 N–H and O–H groups in total. The van der Waals surface area contributed by atoms with E-state index in [1.54, 1.807) is 0 Å². The lowest BCUT2D eigenvalue weighted by Gasteiger charge is -2.18. The van der Waals surface area contributed by atoms with Gasteiger partial charge in [0.15, 0.2) is 6.10 Å². The predicted octanol–water partition coefficient (Wildman–Crippen LogP) is 18.3. The summed E-state index contributed by atoms with van der Waals surface area (Å²) in [5.74, 6) is -1.03. The van der Waals surface area contributed by atoms with Gasteiger partial charge in [-0.05, 0) is 116 Å². The zero-order valence-corrected chi connectivity index (χ0v) is 43.4. The van der Waals surface area contributed by atoms with Gasteiger partial charge in [-0.25, -0.2) is 0 Å². The van der Waals surface area contributed by atoms with Crippen molar-refractivity contribution in [2.75, 3.05) is 13.2 Å². The first kappa shape index (κ1) is 63.1. The Morgan fingerprint density at radius 1 is 0.313 bits per heavy atom. The van der Waals surface area contributed by atoms with Gasteiger partial charge in [-0.1, -0.05) is 214 Å². The van der Waals surface area contributed by atoms with E-state index in [2.05, 4.69) is 124 Å². The summed E-state index contributed by atoms with van der Waals surface area (Å²) in [6.45, 7) is 6.40. The number of carbonyl (C=O) groups is 3. The molecule has 0 aromatic rings. The highest BCUT2D eigenvalue weighted by Gasteiger charge is 2.19. The zero-order chi connectivity index (χ0) is 48.6. The molecule has 1 unspecified atom stereocenters. The van der Waals surface area contributed by atoms with Gasteiger partial charge >= 0.3 is 17.9 Å². The molecule has 0 saturated carbocycles. The molecule has 0 spiro atoms. The van der Waals surface area contributed by atoms with E-state index in [9.17, 15) is 14.4 Å². The van der Waals surface area contributed by atoms with E-state index in [0.717, 1.165) is 103 Å². The highest BCUT2D eigenvalue weighted by molar-refractivity contribution is 5.71. The highest BCUT2D eigenvalue weighted by Crippen LogP contribution is 2.13. The molecule has 0 aromatic heterocycles. The number of ether oxygens (including phenoxy) is 3. The van der Waals surface area contributed by atoms with Gasteiger partial charge < -0.3 is 14.2 Å². The minimum atomic E-state index is -0.820. The third-order valence-corrected chi connectivity index (χ3v) is 11.2. The second-order valence-electron chi connectivity index (χ2n) is 17.7.